The van der Waals surface area contributed by atoms with Crippen molar-refractivity contribution in [2.45, 2.75) is 14.4 Å². The zero-order chi connectivity index (χ0) is 22.6. The Bertz CT molecular complexity index is 1240. The molecule has 11 heteroatoms. The van der Waals surface area contributed by atoms with Gasteiger partial charge in [-0.3, -0.25) is 9.78 Å². The molecule has 2 aromatic heterocycles. The molecule has 2 heterocycles. The molecule has 31 heavy (non-hydrogen) atoms. The Morgan fingerprint density at radius 2 is 1.77 bits per heavy atom. The van der Waals surface area contributed by atoms with Gasteiger partial charge in [-0.15, -0.1) is 11.3 Å². The topological polar surface area (TPSA) is 114 Å². The van der Waals surface area contributed by atoms with Crippen molar-refractivity contribution in [2.75, 3.05) is 20.6 Å². The van der Waals surface area contributed by atoms with Crippen LogP contribution in [0.2, 0.25) is 0 Å². The highest BCUT2D eigenvalue weighted by Crippen LogP contribution is 2.30. The normalized spacial score (nSPS) is 13.1. The van der Waals surface area contributed by atoms with Crippen LogP contribution in [0, 0.1) is 0 Å². The van der Waals surface area contributed by atoms with Crippen molar-refractivity contribution in [3.63, 3.8) is 0 Å². The van der Waals surface area contributed by atoms with E-state index in [1.54, 1.807) is 29.8 Å². The summed E-state index contributed by atoms with van der Waals surface area (Å²) in [6.45, 7) is -0.164. The van der Waals surface area contributed by atoms with Crippen LogP contribution in [0.3, 0.4) is 0 Å². The van der Waals surface area contributed by atoms with Crippen LogP contribution in [-0.4, -0.2) is 52.7 Å². The van der Waals surface area contributed by atoms with Gasteiger partial charge in [-0.2, -0.15) is 0 Å². The van der Waals surface area contributed by atoms with Crippen molar-refractivity contribution in [1.29, 1.82) is 0 Å². The molecule has 3 rings (SSSR count). The number of nitrogens with one attached hydrogen (secondary N) is 1. The summed E-state index contributed by atoms with van der Waals surface area (Å²) in [5, 5.41) is 3.30. The highest BCUT2D eigenvalue weighted by molar-refractivity contribution is 7.93. The molecule has 0 spiro atoms. The number of amides is 1. The van der Waals surface area contributed by atoms with Crippen LogP contribution in [0.25, 0.3) is 0 Å². The summed E-state index contributed by atoms with van der Waals surface area (Å²) in [7, 11) is -4.52. The van der Waals surface area contributed by atoms with E-state index in [0.29, 0.717) is 5.56 Å². The second kappa shape index (κ2) is 9.27. The lowest BCUT2D eigenvalue weighted by atomic mass is 10.2. The third-order valence-corrected chi connectivity index (χ3v) is 9.91. The third-order valence-electron chi connectivity index (χ3n) is 4.55. The van der Waals surface area contributed by atoms with Crippen molar-refractivity contribution in [3.8, 4) is 0 Å². The maximum atomic E-state index is 13.1. The lowest BCUT2D eigenvalue weighted by Gasteiger charge is -2.18. The van der Waals surface area contributed by atoms with Gasteiger partial charge in [0.1, 0.15) is 9.46 Å². The van der Waals surface area contributed by atoms with E-state index >= 15 is 0 Å². The number of carbonyl (C=O) groups is 1. The summed E-state index contributed by atoms with van der Waals surface area (Å²) in [5.41, 5.74) is 0.680. The summed E-state index contributed by atoms with van der Waals surface area (Å²) in [4.78, 5) is 16.7. The number of benzene rings is 1. The number of rotatable bonds is 8. The molecule has 0 aliphatic heterocycles. The molecule has 1 atom stereocenters. The molecule has 8 nitrogen and oxygen atoms in total. The van der Waals surface area contributed by atoms with Crippen molar-refractivity contribution < 1.29 is 21.6 Å². The first-order valence-corrected chi connectivity index (χ1v) is 13.0. The first-order valence-electron chi connectivity index (χ1n) is 9.12. The Morgan fingerprint density at radius 1 is 1.06 bits per heavy atom. The van der Waals surface area contributed by atoms with Gasteiger partial charge in [0.2, 0.25) is 10.0 Å². The first kappa shape index (κ1) is 23.1. The second-order valence-corrected chi connectivity index (χ2v) is 12.2. The second-order valence-electron chi connectivity index (χ2n) is 6.77. The van der Waals surface area contributed by atoms with Crippen molar-refractivity contribution in [3.05, 3.63) is 77.4 Å². The Balaban J connectivity index is 1.81. The number of carbonyl (C=O) groups excluding carboxylic acids is 1. The average molecular weight is 480 g/mol. The van der Waals surface area contributed by atoms with Gasteiger partial charge in [-0.1, -0.05) is 12.1 Å². The molecule has 1 amide bonds. The zero-order valence-electron chi connectivity index (χ0n) is 16.8. The Labute approximate surface area is 185 Å². The Kier molecular flexibility index (Phi) is 6.90. The molecule has 0 aliphatic carbocycles. The number of thiophene rings is 1. The number of hydrogen-bond acceptors (Lipinski definition) is 7. The van der Waals surface area contributed by atoms with Crippen LogP contribution in [0.1, 0.15) is 21.2 Å². The number of aromatic nitrogens is 1. The standard InChI is InChI=1S/C20H21N3O5S3/c1-23(2)31(27,28)17-9-7-15(8-10-17)20(24)22-14-18(16-5-3-11-21-13-16)30(25,26)19-6-4-12-29-19/h3-13,18H,14H2,1-2H3,(H,22,24). The van der Waals surface area contributed by atoms with Crippen molar-refractivity contribution in [2.24, 2.45) is 0 Å². The highest BCUT2D eigenvalue weighted by atomic mass is 32.2. The van der Waals surface area contributed by atoms with E-state index in [4.69, 9.17) is 0 Å². The van der Waals surface area contributed by atoms with E-state index < -0.39 is 31.0 Å². The summed E-state index contributed by atoms with van der Waals surface area (Å²) in [6, 6.07) is 11.9. The molecule has 0 bridgehead atoms. The van der Waals surface area contributed by atoms with Gasteiger partial charge in [0.25, 0.3) is 5.91 Å². The zero-order valence-corrected chi connectivity index (χ0v) is 19.2. The fourth-order valence-corrected chi connectivity index (χ4v) is 6.57. The predicted molar refractivity (Wildman–Crippen MR) is 118 cm³/mol. The quantitative estimate of drug-likeness (QED) is 0.531. The number of hydrogen-bond donors (Lipinski definition) is 1. The molecule has 0 fully saturated rings. The van der Waals surface area contributed by atoms with Gasteiger partial charge in [-0.25, -0.2) is 21.1 Å². The van der Waals surface area contributed by atoms with E-state index in [1.807, 2.05) is 0 Å². The summed E-state index contributed by atoms with van der Waals surface area (Å²) >= 11 is 1.11. The number of sulfone groups is 1. The molecule has 1 aromatic carbocycles. The average Bonchev–Trinajstić information content (AvgIpc) is 3.30. The highest BCUT2D eigenvalue weighted by Gasteiger charge is 2.30. The number of nitrogens with zero attached hydrogens (tertiary/aromatic N) is 2. The molecule has 0 aliphatic rings. The minimum absolute atomic E-state index is 0.0579. The van der Waals surface area contributed by atoms with Crippen LogP contribution in [0.5, 0.6) is 0 Å². The molecule has 1 unspecified atom stereocenters. The van der Waals surface area contributed by atoms with Crippen molar-refractivity contribution >= 4 is 37.1 Å². The van der Waals surface area contributed by atoms with E-state index in [9.17, 15) is 21.6 Å². The predicted octanol–water partition coefficient (Wildman–Crippen LogP) is 2.34. The van der Waals surface area contributed by atoms with Gasteiger partial charge < -0.3 is 5.32 Å². The van der Waals surface area contributed by atoms with Gasteiger partial charge in [-0.05, 0) is 47.3 Å². The monoisotopic (exact) mass is 479 g/mol. The molecular formula is C20H21N3O5S3. The van der Waals surface area contributed by atoms with Gasteiger partial charge in [0, 0.05) is 38.6 Å². The van der Waals surface area contributed by atoms with Crippen LogP contribution in [0.15, 0.2) is 75.4 Å². The SMILES string of the molecule is CN(C)S(=O)(=O)c1ccc(C(=O)NCC(c2cccnc2)S(=O)(=O)c2cccs2)cc1. The molecular weight excluding hydrogens is 458 g/mol. The first-order chi connectivity index (χ1) is 14.6. The summed E-state index contributed by atoms with van der Waals surface area (Å²) in [5.74, 6) is -0.510. The van der Waals surface area contributed by atoms with E-state index in [0.717, 1.165) is 15.6 Å². The smallest absolute Gasteiger partial charge is 0.251 e. The molecule has 164 valence electrons. The van der Waals surface area contributed by atoms with Gasteiger partial charge in [0.05, 0.1) is 4.90 Å². The van der Waals surface area contributed by atoms with Gasteiger partial charge >= 0.3 is 0 Å². The molecule has 0 saturated carbocycles. The number of sulfonamides is 1. The van der Waals surface area contributed by atoms with Crippen LogP contribution >= 0.6 is 11.3 Å². The van der Waals surface area contributed by atoms with Crippen molar-refractivity contribution in [1.82, 2.24) is 14.6 Å². The van der Waals surface area contributed by atoms with Crippen LogP contribution in [0.4, 0.5) is 0 Å². The van der Waals surface area contributed by atoms with E-state index in [1.165, 1.54) is 50.6 Å². The maximum absolute atomic E-state index is 13.1. The summed E-state index contributed by atoms with van der Waals surface area (Å²) < 4.78 is 51.8. The van der Waals surface area contributed by atoms with E-state index in [2.05, 4.69) is 10.3 Å². The maximum Gasteiger partial charge on any atom is 0.251 e. The molecule has 1 N–H and O–H groups in total. The fraction of sp³-hybridized carbons (Fsp3) is 0.200. The molecule has 0 radical (unpaired) electrons. The largest absolute Gasteiger partial charge is 0.350 e. The lowest BCUT2D eigenvalue weighted by Crippen LogP contribution is -2.32. The fourth-order valence-electron chi connectivity index (χ4n) is 2.82. The molecule has 0 saturated heterocycles. The lowest BCUT2D eigenvalue weighted by molar-refractivity contribution is 0.0953. The minimum atomic E-state index is -3.75. The molecule has 3 aromatic rings. The Hall–Kier alpha value is -2.60. The van der Waals surface area contributed by atoms with Crippen LogP contribution in [-0.2, 0) is 19.9 Å². The van der Waals surface area contributed by atoms with Crippen LogP contribution < -0.4 is 5.32 Å². The Morgan fingerprint density at radius 3 is 2.32 bits per heavy atom. The number of pyridine rings is 1. The van der Waals surface area contributed by atoms with Gasteiger partial charge in [0.15, 0.2) is 9.84 Å². The minimum Gasteiger partial charge on any atom is -0.350 e. The summed E-state index contributed by atoms with van der Waals surface area (Å²) in [6.07, 6.45) is 3.00. The van der Waals surface area contributed by atoms with E-state index in [-0.39, 0.29) is 21.2 Å². The third kappa shape index (κ3) is 5.01.